The molecular formula is C42H83NO5. The molecule has 48 heavy (non-hydrogen) atoms. The molecule has 0 aliphatic heterocycles. The zero-order valence-corrected chi connectivity index (χ0v) is 32.0. The number of aliphatic hydroxyl groups excluding tert-OH is 4. The second-order valence-electron chi connectivity index (χ2n) is 14.7. The van der Waals surface area contributed by atoms with Crippen molar-refractivity contribution in [3.63, 3.8) is 0 Å². The molecule has 0 radical (unpaired) electrons. The molecule has 0 saturated heterocycles. The first kappa shape index (κ1) is 47.0. The third kappa shape index (κ3) is 31.1. The predicted octanol–water partition coefficient (Wildman–Crippen LogP) is 10.6. The summed E-state index contributed by atoms with van der Waals surface area (Å²) in [5, 5.41) is 43.5. The van der Waals surface area contributed by atoms with Crippen LogP contribution in [0.25, 0.3) is 0 Å². The van der Waals surface area contributed by atoms with Gasteiger partial charge in [-0.3, -0.25) is 4.79 Å². The Labute approximate surface area is 298 Å². The minimum absolute atomic E-state index is 0.368. The SMILES string of the molecule is CCCCCCCCCCC=CCCC[C@H](O)[C@H](O)[C@H](CO)NC(=O)[C@@H](O)CCCCCCCCCCCCCCCCCCCCC. The van der Waals surface area contributed by atoms with Crippen LogP contribution in [0.2, 0.25) is 0 Å². The summed E-state index contributed by atoms with van der Waals surface area (Å²) >= 11 is 0. The largest absolute Gasteiger partial charge is 0.394 e. The van der Waals surface area contributed by atoms with Crippen molar-refractivity contribution in [2.24, 2.45) is 0 Å². The maximum absolute atomic E-state index is 12.5. The van der Waals surface area contributed by atoms with Gasteiger partial charge >= 0.3 is 0 Å². The van der Waals surface area contributed by atoms with E-state index in [1.54, 1.807) is 0 Å². The van der Waals surface area contributed by atoms with Crippen molar-refractivity contribution in [1.82, 2.24) is 5.32 Å². The maximum Gasteiger partial charge on any atom is 0.249 e. The second-order valence-corrected chi connectivity index (χ2v) is 14.7. The van der Waals surface area contributed by atoms with Crippen LogP contribution in [0.5, 0.6) is 0 Å². The van der Waals surface area contributed by atoms with Crippen LogP contribution in [0.1, 0.15) is 219 Å². The summed E-state index contributed by atoms with van der Waals surface area (Å²) < 4.78 is 0. The molecule has 0 aliphatic carbocycles. The van der Waals surface area contributed by atoms with Crippen molar-refractivity contribution in [1.29, 1.82) is 0 Å². The Hall–Kier alpha value is -0.950. The molecule has 0 aromatic rings. The first-order chi connectivity index (χ1) is 23.5. The average Bonchev–Trinajstić information content (AvgIpc) is 3.09. The first-order valence-electron chi connectivity index (χ1n) is 21.1. The van der Waals surface area contributed by atoms with Crippen LogP contribution in [0.3, 0.4) is 0 Å². The van der Waals surface area contributed by atoms with Gasteiger partial charge in [0.2, 0.25) is 5.91 Å². The van der Waals surface area contributed by atoms with E-state index in [9.17, 15) is 25.2 Å². The number of carbonyl (C=O) groups excluding carboxylic acids is 1. The quantitative estimate of drug-likeness (QED) is 0.0329. The number of hydrogen-bond acceptors (Lipinski definition) is 5. The fraction of sp³-hybridized carbons (Fsp3) is 0.929. The van der Waals surface area contributed by atoms with Gasteiger partial charge < -0.3 is 25.7 Å². The molecule has 0 rings (SSSR count). The summed E-state index contributed by atoms with van der Waals surface area (Å²) in [6.07, 6.45) is 39.5. The molecule has 0 unspecified atom stereocenters. The van der Waals surface area contributed by atoms with Crippen molar-refractivity contribution in [2.45, 2.75) is 244 Å². The van der Waals surface area contributed by atoms with E-state index in [1.807, 2.05) is 0 Å². The molecule has 0 aromatic heterocycles. The lowest BCUT2D eigenvalue weighted by Crippen LogP contribution is -2.53. The molecule has 0 spiro atoms. The molecule has 0 bridgehead atoms. The normalized spacial score (nSPS) is 14.4. The Bertz CT molecular complexity index is 687. The lowest BCUT2D eigenvalue weighted by atomic mass is 10.00. The number of unbranched alkanes of at least 4 members (excludes halogenated alkanes) is 27. The van der Waals surface area contributed by atoms with E-state index >= 15 is 0 Å². The topological polar surface area (TPSA) is 110 Å². The number of rotatable bonds is 38. The summed E-state index contributed by atoms with van der Waals surface area (Å²) in [4.78, 5) is 12.5. The summed E-state index contributed by atoms with van der Waals surface area (Å²) in [7, 11) is 0. The van der Waals surface area contributed by atoms with E-state index in [4.69, 9.17) is 0 Å². The molecule has 0 aliphatic rings. The number of carbonyl (C=O) groups is 1. The maximum atomic E-state index is 12.5. The first-order valence-corrected chi connectivity index (χ1v) is 21.1. The highest BCUT2D eigenvalue weighted by molar-refractivity contribution is 5.80. The Morgan fingerprint density at radius 2 is 0.854 bits per heavy atom. The monoisotopic (exact) mass is 682 g/mol. The molecule has 0 fully saturated rings. The van der Waals surface area contributed by atoms with Crippen LogP contribution < -0.4 is 5.32 Å². The standard InChI is InChI=1S/C42H83NO5/c1-3-5-7-9-11-13-15-17-18-19-20-21-22-24-26-28-30-32-34-36-40(46)42(48)43-38(37-44)41(47)39(45)35-33-31-29-27-25-23-16-14-12-10-8-6-4-2/h27,29,38-41,44-47H,3-26,28,30-37H2,1-2H3,(H,43,48)/t38-,39-,40-,41+/m0/s1. The van der Waals surface area contributed by atoms with Crippen LogP contribution in [0, 0.1) is 0 Å². The van der Waals surface area contributed by atoms with Gasteiger partial charge in [0, 0.05) is 0 Å². The lowest BCUT2D eigenvalue weighted by Gasteiger charge is -2.27. The van der Waals surface area contributed by atoms with Gasteiger partial charge in [0.25, 0.3) is 0 Å². The zero-order chi connectivity index (χ0) is 35.3. The number of allylic oxidation sites excluding steroid dienone is 2. The van der Waals surface area contributed by atoms with E-state index in [-0.39, 0.29) is 0 Å². The second kappa shape index (κ2) is 37.3. The Kier molecular flexibility index (Phi) is 36.6. The number of aliphatic hydroxyl groups is 4. The highest BCUT2D eigenvalue weighted by atomic mass is 16.3. The van der Waals surface area contributed by atoms with Crippen LogP contribution in [-0.2, 0) is 4.79 Å². The van der Waals surface area contributed by atoms with Crippen molar-refractivity contribution in [2.75, 3.05) is 6.61 Å². The molecule has 0 saturated carbocycles. The van der Waals surface area contributed by atoms with Gasteiger partial charge in [0.05, 0.1) is 18.8 Å². The molecule has 286 valence electrons. The molecule has 0 heterocycles. The summed E-state index contributed by atoms with van der Waals surface area (Å²) in [6.45, 7) is 4.03. The van der Waals surface area contributed by atoms with Crippen LogP contribution in [-0.4, -0.2) is 57.3 Å². The molecular weight excluding hydrogens is 598 g/mol. The molecule has 6 heteroatoms. The third-order valence-corrected chi connectivity index (χ3v) is 9.98. The van der Waals surface area contributed by atoms with E-state index < -0.39 is 36.9 Å². The predicted molar refractivity (Wildman–Crippen MR) is 205 cm³/mol. The molecule has 4 atom stereocenters. The average molecular weight is 682 g/mol. The molecule has 0 aromatic carbocycles. The molecule has 1 amide bonds. The van der Waals surface area contributed by atoms with Gasteiger partial charge in [-0.05, 0) is 38.5 Å². The van der Waals surface area contributed by atoms with Gasteiger partial charge in [-0.15, -0.1) is 0 Å². The highest BCUT2D eigenvalue weighted by Gasteiger charge is 2.28. The molecule has 5 N–H and O–H groups in total. The minimum atomic E-state index is -1.28. The van der Waals surface area contributed by atoms with Crippen LogP contribution in [0.15, 0.2) is 12.2 Å². The Balaban J connectivity index is 3.75. The lowest BCUT2D eigenvalue weighted by molar-refractivity contribution is -0.132. The third-order valence-electron chi connectivity index (χ3n) is 9.98. The number of amides is 1. The minimum Gasteiger partial charge on any atom is -0.394 e. The van der Waals surface area contributed by atoms with Crippen LogP contribution in [0.4, 0.5) is 0 Å². The van der Waals surface area contributed by atoms with Crippen molar-refractivity contribution in [3.05, 3.63) is 12.2 Å². The van der Waals surface area contributed by atoms with Crippen molar-refractivity contribution >= 4 is 5.91 Å². The fourth-order valence-corrected chi connectivity index (χ4v) is 6.58. The summed E-state index contributed by atoms with van der Waals surface area (Å²) in [5.41, 5.74) is 0. The van der Waals surface area contributed by atoms with Gasteiger partial charge in [-0.1, -0.05) is 193 Å². The number of hydrogen-bond donors (Lipinski definition) is 5. The summed E-state index contributed by atoms with van der Waals surface area (Å²) in [6, 6.07) is -0.996. The van der Waals surface area contributed by atoms with Gasteiger partial charge in [0.15, 0.2) is 0 Å². The zero-order valence-electron chi connectivity index (χ0n) is 32.0. The van der Waals surface area contributed by atoms with Gasteiger partial charge in [0.1, 0.15) is 12.2 Å². The van der Waals surface area contributed by atoms with E-state index in [1.165, 1.54) is 154 Å². The molecule has 6 nitrogen and oxygen atoms in total. The van der Waals surface area contributed by atoms with Gasteiger partial charge in [-0.25, -0.2) is 0 Å². The smallest absolute Gasteiger partial charge is 0.249 e. The fourth-order valence-electron chi connectivity index (χ4n) is 6.58. The van der Waals surface area contributed by atoms with Crippen molar-refractivity contribution in [3.8, 4) is 0 Å². The van der Waals surface area contributed by atoms with Crippen molar-refractivity contribution < 1.29 is 25.2 Å². The highest BCUT2D eigenvalue weighted by Crippen LogP contribution is 2.16. The van der Waals surface area contributed by atoms with E-state index in [0.717, 1.165) is 38.5 Å². The van der Waals surface area contributed by atoms with Gasteiger partial charge in [-0.2, -0.15) is 0 Å². The Morgan fingerprint density at radius 1 is 0.500 bits per heavy atom. The number of nitrogens with one attached hydrogen (secondary N) is 1. The summed E-state index contributed by atoms with van der Waals surface area (Å²) in [5.74, 6) is -0.591. The van der Waals surface area contributed by atoms with Crippen LogP contribution >= 0.6 is 0 Å². The van der Waals surface area contributed by atoms with E-state index in [2.05, 4.69) is 31.3 Å². The Morgan fingerprint density at radius 3 is 1.25 bits per heavy atom. The van der Waals surface area contributed by atoms with E-state index in [0.29, 0.717) is 12.8 Å².